The van der Waals surface area contributed by atoms with Crippen LogP contribution in [0.3, 0.4) is 0 Å². The molecule has 0 aliphatic rings. The van der Waals surface area contributed by atoms with E-state index in [1.165, 1.54) is 0 Å². The summed E-state index contributed by atoms with van der Waals surface area (Å²) in [6.45, 7) is 6.62. The zero-order valence-electron chi connectivity index (χ0n) is 8.05. The van der Waals surface area contributed by atoms with Crippen LogP contribution >= 0.6 is 11.8 Å². The molecule has 0 radical (unpaired) electrons. The van der Waals surface area contributed by atoms with E-state index < -0.39 is 0 Å². The maximum absolute atomic E-state index is 9.39. The molecule has 2 heteroatoms. The summed E-state index contributed by atoms with van der Waals surface area (Å²) >= 11 is 1.71. The molecule has 0 amide bonds. The zero-order valence-corrected chi connectivity index (χ0v) is 8.87. The minimum absolute atomic E-state index is 0.107. The molecule has 1 unspecified atom stereocenters. The fourth-order valence-electron chi connectivity index (χ4n) is 0.875. The third-order valence-corrected chi connectivity index (χ3v) is 2.30. The fraction of sp³-hybridized carbons (Fsp3) is 1.00. The van der Waals surface area contributed by atoms with Gasteiger partial charge in [-0.3, -0.25) is 0 Å². The van der Waals surface area contributed by atoms with E-state index in [2.05, 4.69) is 20.8 Å². The van der Waals surface area contributed by atoms with Crippen LogP contribution in [0.25, 0.3) is 0 Å². The molecule has 0 saturated carbocycles. The van der Waals surface area contributed by atoms with Gasteiger partial charge in [-0.05, 0) is 24.5 Å². The second-order valence-corrected chi connectivity index (χ2v) is 5.12. The van der Waals surface area contributed by atoms with Crippen molar-refractivity contribution in [3.63, 3.8) is 0 Å². The summed E-state index contributed by atoms with van der Waals surface area (Å²) in [7, 11) is 0. The third-order valence-electron chi connectivity index (χ3n) is 1.59. The summed E-state index contributed by atoms with van der Waals surface area (Å²) in [6, 6.07) is 0. The van der Waals surface area contributed by atoms with Gasteiger partial charge in [-0.1, -0.05) is 20.8 Å². The maximum atomic E-state index is 9.39. The van der Waals surface area contributed by atoms with Crippen molar-refractivity contribution < 1.29 is 5.11 Å². The highest BCUT2D eigenvalue weighted by Gasteiger charge is 2.12. The molecule has 0 aliphatic heterocycles. The average Bonchev–Trinajstić information content (AvgIpc) is 1.83. The maximum Gasteiger partial charge on any atom is 0.0630 e. The molecular formula is C9H20OS. The molecule has 0 aliphatic carbocycles. The molecule has 68 valence electrons. The van der Waals surface area contributed by atoms with Gasteiger partial charge in [0.1, 0.15) is 0 Å². The van der Waals surface area contributed by atoms with Gasteiger partial charge in [-0.2, -0.15) is 11.8 Å². The summed E-state index contributed by atoms with van der Waals surface area (Å²) in [5.74, 6) is 0.871. The van der Waals surface area contributed by atoms with E-state index in [0.717, 1.165) is 18.6 Å². The van der Waals surface area contributed by atoms with Crippen LogP contribution in [-0.2, 0) is 0 Å². The van der Waals surface area contributed by atoms with Crippen LogP contribution in [0.2, 0.25) is 0 Å². The fourth-order valence-corrected chi connectivity index (χ4v) is 1.43. The monoisotopic (exact) mass is 176 g/mol. The first kappa shape index (κ1) is 11.3. The summed E-state index contributed by atoms with van der Waals surface area (Å²) in [6.07, 6.45) is 3.96. The van der Waals surface area contributed by atoms with E-state index in [1.54, 1.807) is 11.8 Å². The summed E-state index contributed by atoms with van der Waals surface area (Å²) in [4.78, 5) is 0. The van der Waals surface area contributed by atoms with Gasteiger partial charge in [-0.25, -0.2) is 0 Å². The molecule has 0 spiro atoms. The number of hydrogen-bond donors (Lipinski definition) is 1. The molecule has 1 atom stereocenters. The van der Waals surface area contributed by atoms with Crippen molar-refractivity contribution in [2.45, 2.75) is 39.7 Å². The van der Waals surface area contributed by atoms with Gasteiger partial charge < -0.3 is 5.11 Å². The Kier molecular flexibility index (Phi) is 5.19. The van der Waals surface area contributed by atoms with E-state index in [4.69, 9.17) is 0 Å². The molecule has 0 aromatic carbocycles. The first-order chi connectivity index (χ1) is 4.95. The van der Waals surface area contributed by atoms with Crippen LogP contribution in [0.5, 0.6) is 0 Å². The Morgan fingerprint density at radius 2 is 1.91 bits per heavy atom. The quantitative estimate of drug-likeness (QED) is 0.710. The van der Waals surface area contributed by atoms with E-state index in [-0.39, 0.29) is 6.10 Å². The highest BCUT2D eigenvalue weighted by molar-refractivity contribution is 7.98. The summed E-state index contributed by atoms with van der Waals surface area (Å²) in [5.41, 5.74) is 0.361. The zero-order chi connectivity index (χ0) is 8.91. The number of aliphatic hydroxyl groups excluding tert-OH is 1. The van der Waals surface area contributed by atoms with Crippen molar-refractivity contribution >= 4 is 11.8 Å². The second kappa shape index (κ2) is 5.04. The molecule has 0 heterocycles. The normalized spacial score (nSPS) is 15.0. The topological polar surface area (TPSA) is 20.2 Å². The van der Waals surface area contributed by atoms with Gasteiger partial charge >= 0.3 is 0 Å². The Morgan fingerprint density at radius 1 is 1.36 bits per heavy atom. The molecule has 0 aromatic rings. The minimum atomic E-state index is -0.107. The predicted octanol–water partition coefficient (Wildman–Crippen LogP) is 2.54. The lowest BCUT2D eigenvalue weighted by Crippen LogP contribution is -2.14. The van der Waals surface area contributed by atoms with Gasteiger partial charge in [0.15, 0.2) is 0 Å². The number of thioether (sulfide) groups is 1. The first-order valence-electron chi connectivity index (χ1n) is 4.13. The van der Waals surface area contributed by atoms with Gasteiger partial charge in [0.05, 0.1) is 6.10 Å². The summed E-state index contributed by atoms with van der Waals surface area (Å²) < 4.78 is 0. The number of aliphatic hydroxyl groups is 1. The standard InChI is InChI=1S/C9H20OS/c1-9(2,3)6-5-8(10)7-11-4/h8,10H,5-7H2,1-4H3. The van der Waals surface area contributed by atoms with Crippen LogP contribution in [0.1, 0.15) is 33.6 Å². The predicted molar refractivity (Wildman–Crippen MR) is 53.1 cm³/mol. The lowest BCUT2D eigenvalue weighted by molar-refractivity contribution is 0.167. The van der Waals surface area contributed by atoms with E-state index in [0.29, 0.717) is 5.41 Å². The van der Waals surface area contributed by atoms with Crippen LogP contribution in [0, 0.1) is 5.41 Å². The molecule has 0 aromatic heterocycles. The second-order valence-electron chi connectivity index (χ2n) is 4.21. The SMILES string of the molecule is CSCC(O)CCC(C)(C)C. The van der Waals surface area contributed by atoms with Crippen LogP contribution in [0.15, 0.2) is 0 Å². The third kappa shape index (κ3) is 8.21. The van der Waals surface area contributed by atoms with E-state index >= 15 is 0 Å². The highest BCUT2D eigenvalue weighted by Crippen LogP contribution is 2.22. The molecule has 11 heavy (non-hydrogen) atoms. The van der Waals surface area contributed by atoms with Crippen molar-refractivity contribution in [2.24, 2.45) is 5.41 Å². The van der Waals surface area contributed by atoms with Gasteiger partial charge in [0, 0.05) is 5.75 Å². The molecule has 0 bridgehead atoms. The number of hydrogen-bond acceptors (Lipinski definition) is 2. The summed E-state index contributed by atoms with van der Waals surface area (Å²) in [5, 5.41) is 9.39. The molecule has 0 rings (SSSR count). The van der Waals surface area contributed by atoms with E-state index in [9.17, 15) is 5.11 Å². The molecule has 0 saturated heterocycles. The van der Waals surface area contributed by atoms with Crippen LogP contribution in [-0.4, -0.2) is 23.2 Å². The minimum Gasteiger partial charge on any atom is -0.392 e. The first-order valence-corrected chi connectivity index (χ1v) is 5.52. The molecule has 0 fully saturated rings. The Morgan fingerprint density at radius 3 is 2.27 bits per heavy atom. The Bertz CT molecular complexity index is 96.2. The van der Waals surface area contributed by atoms with Gasteiger partial charge in [0.25, 0.3) is 0 Å². The van der Waals surface area contributed by atoms with Crippen LogP contribution in [0.4, 0.5) is 0 Å². The van der Waals surface area contributed by atoms with Gasteiger partial charge in [-0.15, -0.1) is 0 Å². The Labute approximate surface area is 74.6 Å². The van der Waals surface area contributed by atoms with Crippen molar-refractivity contribution in [3.05, 3.63) is 0 Å². The van der Waals surface area contributed by atoms with Crippen molar-refractivity contribution in [1.29, 1.82) is 0 Å². The molecule has 1 N–H and O–H groups in total. The van der Waals surface area contributed by atoms with Crippen molar-refractivity contribution in [3.8, 4) is 0 Å². The van der Waals surface area contributed by atoms with E-state index in [1.807, 2.05) is 6.26 Å². The smallest absolute Gasteiger partial charge is 0.0630 e. The highest BCUT2D eigenvalue weighted by atomic mass is 32.2. The molecule has 1 nitrogen and oxygen atoms in total. The lowest BCUT2D eigenvalue weighted by Gasteiger charge is -2.19. The van der Waals surface area contributed by atoms with Crippen molar-refractivity contribution in [2.75, 3.05) is 12.0 Å². The van der Waals surface area contributed by atoms with Crippen LogP contribution < -0.4 is 0 Å². The van der Waals surface area contributed by atoms with Crippen molar-refractivity contribution in [1.82, 2.24) is 0 Å². The van der Waals surface area contributed by atoms with Gasteiger partial charge in [0.2, 0.25) is 0 Å². The Balaban J connectivity index is 3.38. The lowest BCUT2D eigenvalue weighted by atomic mass is 9.89. The Hall–Kier alpha value is 0.310. The average molecular weight is 176 g/mol. The largest absolute Gasteiger partial charge is 0.392 e. The number of rotatable bonds is 4. The molecular weight excluding hydrogens is 156 g/mol.